The van der Waals surface area contributed by atoms with Crippen LogP contribution in [0, 0.1) is 11.3 Å². The summed E-state index contributed by atoms with van der Waals surface area (Å²) in [6.07, 6.45) is 7.15. The van der Waals surface area contributed by atoms with E-state index in [9.17, 15) is 5.11 Å². The lowest BCUT2D eigenvalue weighted by atomic mass is 9.64. The topological polar surface area (TPSA) is 64.6 Å². The van der Waals surface area contributed by atoms with Crippen LogP contribution in [-0.4, -0.2) is 64.8 Å². The van der Waals surface area contributed by atoms with Crippen LogP contribution in [0.25, 0.3) is 0 Å². The molecule has 0 amide bonds. The summed E-state index contributed by atoms with van der Waals surface area (Å²) in [7, 11) is 1.74. The van der Waals surface area contributed by atoms with Gasteiger partial charge in [0.15, 0.2) is 0 Å². The zero-order valence-electron chi connectivity index (χ0n) is 16.8. The third kappa shape index (κ3) is 4.09. The molecule has 3 heterocycles. The van der Waals surface area contributed by atoms with E-state index in [-0.39, 0.29) is 12.0 Å². The van der Waals surface area contributed by atoms with Crippen molar-refractivity contribution < 1.29 is 9.84 Å². The van der Waals surface area contributed by atoms with Crippen molar-refractivity contribution in [3.8, 4) is 5.75 Å². The number of likely N-dealkylation sites (tertiary alicyclic amines) is 2. The van der Waals surface area contributed by atoms with Gasteiger partial charge in [0.05, 0.1) is 13.4 Å². The first-order valence-corrected chi connectivity index (χ1v) is 10.4. The van der Waals surface area contributed by atoms with Gasteiger partial charge in [-0.05, 0) is 50.4 Å². The number of aliphatic hydroxyl groups excluding tert-OH is 1. The van der Waals surface area contributed by atoms with Crippen molar-refractivity contribution in [2.24, 2.45) is 11.3 Å². The van der Waals surface area contributed by atoms with E-state index in [1.807, 2.05) is 18.3 Å². The predicted octanol–water partition coefficient (Wildman–Crippen LogP) is 2.51. The van der Waals surface area contributed by atoms with Crippen molar-refractivity contribution in [2.75, 3.05) is 39.9 Å². The van der Waals surface area contributed by atoms with Gasteiger partial charge in [-0.25, -0.2) is 4.98 Å². The molecule has 2 N–H and O–H groups in total. The SMILES string of the molecule is COc1ccccc1CN1CCC2(CC1)CCN(Cc1cnc[nH]1)C[C@H]2CO. The molecule has 4 rings (SSSR count). The summed E-state index contributed by atoms with van der Waals surface area (Å²) in [6.45, 7) is 6.38. The van der Waals surface area contributed by atoms with Crippen molar-refractivity contribution in [1.82, 2.24) is 19.8 Å². The molecule has 0 aliphatic carbocycles. The van der Waals surface area contributed by atoms with E-state index in [1.165, 1.54) is 24.8 Å². The lowest BCUT2D eigenvalue weighted by Crippen LogP contribution is -2.53. The first-order chi connectivity index (χ1) is 13.7. The summed E-state index contributed by atoms with van der Waals surface area (Å²) in [5.74, 6) is 1.33. The number of nitrogens with one attached hydrogen (secondary N) is 1. The molecule has 6 nitrogen and oxygen atoms in total. The fourth-order valence-corrected chi connectivity index (χ4v) is 5.08. The van der Waals surface area contributed by atoms with Crippen molar-refractivity contribution >= 4 is 0 Å². The molecule has 6 heteroatoms. The van der Waals surface area contributed by atoms with Gasteiger partial charge in [-0.1, -0.05) is 18.2 Å². The van der Waals surface area contributed by atoms with Gasteiger partial charge in [0.1, 0.15) is 5.75 Å². The van der Waals surface area contributed by atoms with Gasteiger partial charge in [-0.15, -0.1) is 0 Å². The van der Waals surface area contributed by atoms with E-state index in [0.29, 0.717) is 5.92 Å². The van der Waals surface area contributed by atoms with Crippen LogP contribution in [0.3, 0.4) is 0 Å². The van der Waals surface area contributed by atoms with Crippen LogP contribution in [0.5, 0.6) is 5.75 Å². The van der Waals surface area contributed by atoms with Crippen LogP contribution in [0.4, 0.5) is 0 Å². The Balaban J connectivity index is 1.35. The Bertz CT molecular complexity index is 741. The highest BCUT2D eigenvalue weighted by Gasteiger charge is 2.44. The molecule has 28 heavy (non-hydrogen) atoms. The van der Waals surface area contributed by atoms with Crippen LogP contribution in [0.2, 0.25) is 0 Å². The summed E-state index contributed by atoms with van der Waals surface area (Å²) in [6, 6.07) is 8.31. The second-order valence-corrected chi connectivity index (χ2v) is 8.39. The van der Waals surface area contributed by atoms with Gasteiger partial charge in [0.25, 0.3) is 0 Å². The number of aromatic nitrogens is 2. The van der Waals surface area contributed by atoms with Gasteiger partial charge in [0, 0.05) is 49.6 Å². The number of benzene rings is 1. The number of imidazole rings is 1. The quantitative estimate of drug-likeness (QED) is 0.801. The average molecular weight is 385 g/mol. The number of para-hydroxylation sites is 1. The van der Waals surface area contributed by atoms with E-state index >= 15 is 0 Å². The van der Waals surface area contributed by atoms with Crippen LogP contribution < -0.4 is 4.74 Å². The van der Waals surface area contributed by atoms with Crippen molar-refractivity contribution in [3.63, 3.8) is 0 Å². The fourth-order valence-electron chi connectivity index (χ4n) is 5.08. The molecular formula is C22H32N4O2. The number of aromatic amines is 1. The molecule has 1 aromatic carbocycles. The molecule has 0 saturated carbocycles. The summed E-state index contributed by atoms with van der Waals surface area (Å²) in [5, 5.41) is 10.1. The Labute approximate surface area is 167 Å². The largest absolute Gasteiger partial charge is 0.496 e. The smallest absolute Gasteiger partial charge is 0.123 e. The van der Waals surface area contributed by atoms with Crippen LogP contribution in [0.1, 0.15) is 30.5 Å². The molecule has 2 aliphatic heterocycles. The average Bonchev–Trinajstić information content (AvgIpc) is 3.25. The summed E-state index contributed by atoms with van der Waals surface area (Å²) in [5.41, 5.74) is 2.70. The lowest BCUT2D eigenvalue weighted by molar-refractivity contribution is -0.0452. The number of nitrogens with zero attached hydrogens (tertiary/aromatic N) is 3. The van der Waals surface area contributed by atoms with Crippen molar-refractivity contribution in [2.45, 2.75) is 32.4 Å². The maximum absolute atomic E-state index is 10.1. The Hall–Kier alpha value is -1.89. The fraction of sp³-hybridized carbons (Fsp3) is 0.591. The third-order valence-corrected chi connectivity index (χ3v) is 6.88. The highest BCUT2D eigenvalue weighted by atomic mass is 16.5. The molecule has 1 atom stereocenters. The molecule has 2 saturated heterocycles. The molecule has 0 unspecified atom stereocenters. The van der Waals surface area contributed by atoms with Gasteiger partial charge in [-0.3, -0.25) is 9.80 Å². The normalized spacial score (nSPS) is 23.1. The standard InChI is InChI=1S/C22H32N4O2/c1-28-21-5-3-2-4-18(21)13-25-9-6-22(7-10-25)8-11-26(14-19(22)16-27)15-20-12-23-17-24-20/h2-5,12,17,19,27H,6-11,13-16H2,1H3,(H,23,24)/t19-/m0/s1. The minimum absolute atomic E-state index is 0.284. The van der Waals surface area contributed by atoms with E-state index < -0.39 is 0 Å². The van der Waals surface area contributed by atoms with Gasteiger partial charge >= 0.3 is 0 Å². The minimum atomic E-state index is 0.284. The number of rotatable bonds is 6. The van der Waals surface area contributed by atoms with E-state index in [0.717, 1.165) is 50.7 Å². The number of hydrogen-bond donors (Lipinski definition) is 2. The number of methoxy groups -OCH3 is 1. The summed E-state index contributed by atoms with van der Waals surface area (Å²) >= 11 is 0. The second kappa shape index (κ2) is 8.64. The monoisotopic (exact) mass is 384 g/mol. The molecule has 2 fully saturated rings. The Morgan fingerprint density at radius 1 is 1.14 bits per heavy atom. The predicted molar refractivity (Wildman–Crippen MR) is 109 cm³/mol. The first kappa shape index (κ1) is 19.4. The molecule has 1 aromatic heterocycles. The van der Waals surface area contributed by atoms with Gasteiger partial charge in [-0.2, -0.15) is 0 Å². The highest BCUT2D eigenvalue weighted by Crippen LogP contribution is 2.45. The van der Waals surface area contributed by atoms with Crippen LogP contribution in [0.15, 0.2) is 36.8 Å². The number of aliphatic hydroxyl groups is 1. The Kier molecular flexibility index (Phi) is 5.99. The molecule has 0 radical (unpaired) electrons. The Morgan fingerprint density at radius 2 is 1.89 bits per heavy atom. The molecule has 0 bridgehead atoms. The lowest BCUT2D eigenvalue weighted by Gasteiger charge is -2.51. The van der Waals surface area contributed by atoms with Crippen LogP contribution in [-0.2, 0) is 13.1 Å². The molecule has 2 aromatic rings. The molecule has 2 aliphatic rings. The summed E-state index contributed by atoms with van der Waals surface area (Å²) < 4.78 is 5.51. The maximum Gasteiger partial charge on any atom is 0.123 e. The third-order valence-electron chi connectivity index (χ3n) is 6.88. The molecule has 152 valence electrons. The molecule has 1 spiro atoms. The highest BCUT2D eigenvalue weighted by molar-refractivity contribution is 5.33. The van der Waals surface area contributed by atoms with E-state index in [2.05, 4.69) is 31.9 Å². The van der Waals surface area contributed by atoms with Crippen LogP contribution >= 0.6 is 0 Å². The minimum Gasteiger partial charge on any atom is -0.496 e. The van der Waals surface area contributed by atoms with E-state index in [1.54, 1.807) is 13.4 Å². The maximum atomic E-state index is 10.1. The van der Waals surface area contributed by atoms with E-state index in [4.69, 9.17) is 4.74 Å². The van der Waals surface area contributed by atoms with Gasteiger partial charge in [0.2, 0.25) is 0 Å². The van der Waals surface area contributed by atoms with Gasteiger partial charge < -0.3 is 14.8 Å². The zero-order chi connectivity index (χ0) is 19.4. The second-order valence-electron chi connectivity index (χ2n) is 8.39. The zero-order valence-corrected chi connectivity index (χ0v) is 16.8. The summed E-state index contributed by atoms with van der Waals surface area (Å²) in [4.78, 5) is 12.3. The number of H-pyrrole nitrogens is 1. The molecular weight excluding hydrogens is 352 g/mol. The number of piperidine rings is 2. The Morgan fingerprint density at radius 3 is 2.57 bits per heavy atom. The van der Waals surface area contributed by atoms with Crippen molar-refractivity contribution in [1.29, 1.82) is 0 Å². The first-order valence-electron chi connectivity index (χ1n) is 10.4. The number of ether oxygens (including phenoxy) is 1. The van der Waals surface area contributed by atoms with Crippen molar-refractivity contribution in [3.05, 3.63) is 48.0 Å². The number of hydrogen-bond acceptors (Lipinski definition) is 5.